The van der Waals surface area contributed by atoms with E-state index in [0.717, 1.165) is 25.2 Å². The van der Waals surface area contributed by atoms with Gasteiger partial charge in [-0.15, -0.1) is 0 Å². The number of carbonyl (C=O) groups is 1. The van der Waals surface area contributed by atoms with Crippen LogP contribution in [-0.4, -0.2) is 34.2 Å². The summed E-state index contributed by atoms with van der Waals surface area (Å²) in [5, 5.41) is 8.92. The van der Waals surface area contributed by atoms with Gasteiger partial charge in [0.05, 0.1) is 0 Å². The molecule has 2 aromatic rings. The summed E-state index contributed by atoms with van der Waals surface area (Å²) in [6.07, 6.45) is 2.45. The highest BCUT2D eigenvalue weighted by Gasteiger charge is 2.09. The van der Waals surface area contributed by atoms with Gasteiger partial charge in [-0.1, -0.05) is 6.92 Å². The van der Waals surface area contributed by atoms with Crippen molar-refractivity contribution in [3.8, 4) is 0 Å². The number of H-pyrrole nitrogens is 1. The second kappa shape index (κ2) is 6.70. The van der Waals surface area contributed by atoms with Gasteiger partial charge in [0.15, 0.2) is 0 Å². The molecule has 1 aromatic heterocycles. The van der Waals surface area contributed by atoms with E-state index in [-0.39, 0.29) is 5.91 Å². The summed E-state index contributed by atoms with van der Waals surface area (Å²) in [5.74, 6) is 0.145. The lowest BCUT2D eigenvalue weighted by molar-refractivity contribution is 0.102. The van der Waals surface area contributed by atoms with Gasteiger partial charge < -0.3 is 4.90 Å². The number of nitrogens with zero attached hydrogens (tertiary/aromatic N) is 3. The Balaban J connectivity index is 2.05. The van der Waals surface area contributed by atoms with E-state index in [2.05, 4.69) is 39.2 Å². The van der Waals surface area contributed by atoms with E-state index in [4.69, 9.17) is 0 Å². The van der Waals surface area contributed by atoms with E-state index >= 15 is 0 Å². The number of anilines is 2. The Morgan fingerprint density at radius 1 is 1.30 bits per heavy atom. The van der Waals surface area contributed by atoms with Crippen molar-refractivity contribution >= 4 is 17.5 Å². The fraction of sp³-hybridized carbons (Fsp3) is 0.357. The van der Waals surface area contributed by atoms with Crippen molar-refractivity contribution in [2.24, 2.45) is 0 Å². The molecule has 0 radical (unpaired) electrons. The van der Waals surface area contributed by atoms with Crippen molar-refractivity contribution < 1.29 is 4.79 Å². The lowest BCUT2D eigenvalue weighted by atomic mass is 10.2. The minimum atomic E-state index is -0.202. The number of aromatic amines is 1. The molecule has 0 spiro atoms. The van der Waals surface area contributed by atoms with Crippen LogP contribution in [0.3, 0.4) is 0 Å². The summed E-state index contributed by atoms with van der Waals surface area (Å²) in [4.78, 5) is 18.1. The van der Waals surface area contributed by atoms with Crippen molar-refractivity contribution in [2.75, 3.05) is 23.3 Å². The SMILES string of the molecule is CCCN(CC)c1ccc(C(=O)Nc2ncn[nH]2)cc1. The van der Waals surface area contributed by atoms with E-state index < -0.39 is 0 Å². The van der Waals surface area contributed by atoms with Gasteiger partial charge in [0, 0.05) is 24.3 Å². The molecule has 0 unspecified atom stereocenters. The predicted octanol–water partition coefficient (Wildman–Crippen LogP) is 2.29. The van der Waals surface area contributed by atoms with Gasteiger partial charge in [-0.3, -0.25) is 10.1 Å². The van der Waals surface area contributed by atoms with Crippen molar-refractivity contribution in [3.63, 3.8) is 0 Å². The van der Waals surface area contributed by atoms with Gasteiger partial charge in [0.1, 0.15) is 6.33 Å². The molecule has 0 fully saturated rings. The van der Waals surface area contributed by atoms with Crippen LogP contribution in [0.1, 0.15) is 30.6 Å². The van der Waals surface area contributed by atoms with Gasteiger partial charge >= 0.3 is 0 Å². The van der Waals surface area contributed by atoms with Crippen LogP contribution in [0.15, 0.2) is 30.6 Å². The van der Waals surface area contributed by atoms with Crippen LogP contribution in [0.25, 0.3) is 0 Å². The summed E-state index contributed by atoms with van der Waals surface area (Å²) < 4.78 is 0. The second-order valence-corrected chi connectivity index (χ2v) is 4.41. The molecule has 106 valence electrons. The molecule has 0 saturated carbocycles. The quantitative estimate of drug-likeness (QED) is 0.847. The highest BCUT2D eigenvalue weighted by molar-refractivity contribution is 6.03. The zero-order valence-corrected chi connectivity index (χ0v) is 11.8. The molecule has 2 rings (SSSR count). The molecule has 0 aliphatic rings. The smallest absolute Gasteiger partial charge is 0.258 e. The van der Waals surface area contributed by atoms with Crippen LogP contribution in [0.5, 0.6) is 0 Å². The lowest BCUT2D eigenvalue weighted by Gasteiger charge is -2.22. The van der Waals surface area contributed by atoms with E-state index in [9.17, 15) is 4.79 Å². The van der Waals surface area contributed by atoms with Crippen molar-refractivity contribution in [3.05, 3.63) is 36.2 Å². The largest absolute Gasteiger partial charge is 0.372 e. The number of amides is 1. The first-order valence-electron chi connectivity index (χ1n) is 6.76. The molecule has 6 heteroatoms. The number of nitrogens with one attached hydrogen (secondary N) is 2. The minimum Gasteiger partial charge on any atom is -0.372 e. The Hall–Kier alpha value is -2.37. The van der Waals surface area contributed by atoms with Crippen LogP contribution < -0.4 is 10.2 Å². The third-order valence-electron chi connectivity index (χ3n) is 3.02. The highest BCUT2D eigenvalue weighted by atomic mass is 16.1. The van der Waals surface area contributed by atoms with Crippen molar-refractivity contribution in [1.82, 2.24) is 15.2 Å². The molecule has 1 aromatic carbocycles. The fourth-order valence-corrected chi connectivity index (χ4v) is 2.01. The molecule has 1 heterocycles. The first-order chi connectivity index (χ1) is 9.74. The molecular weight excluding hydrogens is 254 g/mol. The average Bonchev–Trinajstić information content (AvgIpc) is 2.98. The number of carbonyl (C=O) groups excluding carboxylic acids is 1. The number of hydrogen-bond donors (Lipinski definition) is 2. The molecule has 0 saturated heterocycles. The normalized spacial score (nSPS) is 10.3. The molecule has 0 atom stereocenters. The Bertz CT molecular complexity index is 535. The maximum Gasteiger partial charge on any atom is 0.258 e. The summed E-state index contributed by atoms with van der Waals surface area (Å²) in [7, 11) is 0. The van der Waals surface area contributed by atoms with E-state index in [1.54, 1.807) is 0 Å². The minimum absolute atomic E-state index is 0.202. The summed E-state index contributed by atoms with van der Waals surface area (Å²) in [6, 6.07) is 7.57. The molecule has 2 N–H and O–H groups in total. The third-order valence-corrected chi connectivity index (χ3v) is 3.02. The topological polar surface area (TPSA) is 73.9 Å². The fourth-order valence-electron chi connectivity index (χ4n) is 2.01. The second-order valence-electron chi connectivity index (χ2n) is 4.41. The number of hydrogen-bond acceptors (Lipinski definition) is 4. The Labute approximate surface area is 118 Å². The van der Waals surface area contributed by atoms with Gasteiger partial charge in [-0.2, -0.15) is 10.1 Å². The van der Waals surface area contributed by atoms with Gasteiger partial charge in [0.2, 0.25) is 5.95 Å². The Kier molecular flexibility index (Phi) is 4.70. The van der Waals surface area contributed by atoms with Crippen LogP contribution in [-0.2, 0) is 0 Å². The molecular formula is C14H19N5O. The average molecular weight is 273 g/mol. The van der Waals surface area contributed by atoms with Crippen LogP contribution in [0.2, 0.25) is 0 Å². The standard InChI is InChI=1S/C14H19N5O/c1-3-9-19(4-2)12-7-5-11(6-8-12)13(20)17-14-15-10-16-18-14/h5-8,10H,3-4,9H2,1-2H3,(H2,15,16,17,18,20). The molecule has 0 aliphatic heterocycles. The van der Waals surface area contributed by atoms with E-state index in [1.807, 2.05) is 24.3 Å². The van der Waals surface area contributed by atoms with Crippen molar-refractivity contribution in [2.45, 2.75) is 20.3 Å². The molecule has 20 heavy (non-hydrogen) atoms. The molecule has 0 aliphatic carbocycles. The van der Waals surface area contributed by atoms with Crippen LogP contribution >= 0.6 is 0 Å². The lowest BCUT2D eigenvalue weighted by Crippen LogP contribution is -2.23. The molecule has 0 bridgehead atoms. The summed E-state index contributed by atoms with van der Waals surface area (Å²) in [6.45, 7) is 6.25. The Morgan fingerprint density at radius 3 is 2.60 bits per heavy atom. The maximum atomic E-state index is 12.0. The van der Waals surface area contributed by atoms with E-state index in [0.29, 0.717) is 11.5 Å². The summed E-state index contributed by atoms with van der Waals surface area (Å²) >= 11 is 0. The predicted molar refractivity (Wildman–Crippen MR) is 79.0 cm³/mol. The van der Waals surface area contributed by atoms with Crippen LogP contribution in [0, 0.1) is 0 Å². The van der Waals surface area contributed by atoms with Gasteiger partial charge in [-0.25, -0.2) is 5.10 Å². The maximum absolute atomic E-state index is 12.0. The van der Waals surface area contributed by atoms with Crippen LogP contribution in [0.4, 0.5) is 11.6 Å². The third kappa shape index (κ3) is 3.34. The summed E-state index contributed by atoms with van der Waals surface area (Å²) in [5.41, 5.74) is 1.73. The van der Waals surface area contributed by atoms with Gasteiger partial charge in [0.25, 0.3) is 5.91 Å². The zero-order valence-electron chi connectivity index (χ0n) is 11.8. The molecule has 1 amide bonds. The van der Waals surface area contributed by atoms with Gasteiger partial charge in [-0.05, 0) is 37.6 Å². The Morgan fingerprint density at radius 2 is 2.05 bits per heavy atom. The molecule has 6 nitrogen and oxygen atoms in total. The first kappa shape index (κ1) is 14.0. The number of benzene rings is 1. The highest BCUT2D eigenvalue weighted by Crippen LogP contribution is 2.16. The number of rotatable bonds is 6. The van der Waals surface area contributed by atoms with E-state index in [1.165, 1.54) is 6.33 Å². The monoisotopic (exact) mass is 273 g/mol. The first-order valence-corrected chi connectivity index (χ1v) is 6.76. The number of aromatic nitrogens is 3. The zero-order chi connectivity index (χ0) is 14.4. The van der Waals surface area contributed by atoms with Crippen molar-refractivity contribution in [1.29, 1.82) is 0 Å².